The predicted molar refractivity (Wildman–Crippen MR) is 171 cm³/mol. The summed E-state index contributed by atoms with van der Waals surface area (Å²) >= 11 is 0. The van der Waals surface area contributed by atoms with Crippen LogP contribution < -0.4 is 19.8 Å². The highest BCUT2D eigenvalue weighted by atomic mass is 32.2. The molecule has 2 saturated heterocycles. The molecule has 0 unspecified atom stereocenters. The van der Waals surface area contributed by atoms with E-state index in [1.165, 1.54) is 10.5 Å². The van der Waals surface area contributed by atoms with Gasteiger partial charge in [-0.1, -0.05) is 13.8 Å². The number of carbonyl (C=O) groups is 1. The predicted octanol–water partition coefficient (Wildman–Crippen LogP) is 1.81. The van der Waals surface area contributed by atoms with E-state index in [1.54, 1.807) is 24.4 Å². The molecular formula is C32H41N5O9S. The van der Waals surface area contributed by atoms with Gasteiger partial charge in [0, 0.05) is 51.5 Å². The van der Waals surface area contributed by atoms with Crippen LogP contribution in [-0.4, -0.2) is 123 Å². The zero-order valence-corrected chi connectivity index (χ0v) is 27.6. The molecule has 3 aliphatic heterocycles. The Morgan fingerprint density at radius 3 is 2.30 bits per heavy atom. The highest BCUT2D eigenvalue weighted by Crippen LogP contribution is 2.38. The Bertz CT molecular complexity index is 1750. The van der Waals surface area contributed by atoms with Crippen molar-refractivity contribution >= 4 is 21.6 Å². The Morgan fingerprint density at radius 2 is 1.60 bits per heavy atom. The molecule has 1 amide bonds. The minimum Gasteiger partial charge on any atom is -0.492 e. The van der Waals surface area contributed by atoms with E-state index in [4.69, 9.17) is 23.7 Å². The first kappa shape index (κ1) is 33.2. The van der Waals surface area contributed by atoms with Crippen molar-refractivity contribution in [2.45, 2.75) is 31.1 Å². The third kappa shape index (κ3) is 7.38. The largest absolute Gasteiger partial charge is 0.492 e. The van der Waals surface area contributed by atoms with Crippen LogP contribution in [-0.2, 0) is 19.5 Å². The molecule has 3 aromatic rings. The number of carbonyl (C=O) groups excluding carboxylic acids is 1. The summed E-state index contributed by atoms with van der Waals surface area (Å²) in [4.78, 5) is 35.4. The van der Waals surface area contributed by atoms with Gasteiger partial charge >= 0.3 is 0 Å². The Morgan fingerprint density at radius 1 is 0.894 bits per heavy atom. The van der Waals surface area contributed by atoms with Crippen LogP contribution in [0.1, 0.15) is 42.1 Å². The molecule has 47 heavy (non-hydrogen) atoms. The van der Waals surface area contributed by atoms with Crippen molar-refractivity contribution in [1.29, 1.82) is 0 Å². The van der Waals surface area contributed by atoms with Crippen LogP contribution >= 0.6 is 0 Å². The van der Waals surface area contributed by atoms with E-state index < -0.39 is 28.2 Å². The first-order chi connectivity index (χ1) is 22.7. The lowest BCUT2D eigenvalue weighted by Crippen LogP contribution is -2.38. The van der Waals surface area contributed by atoms with Crippen LogP contribution in [0.2, 0.25) is 0 Å². The molecule has 0 N–H and O–H groups in total. The normalized spacial score (nSPS) is 18.5. The third-order valence-electron chi connectivity index (χ3n) is 8.46. The monoisotopic (exact) mass is 671 g/mol. The van der Waals surface area contributed by atoms with Crippen molar-refractivity contribution in [1.82, 2.24) is 23.5 Å². The number of amides is 1. The van der Waals surface area contributed by atoms with Gasteiger partial charge in [-0.05, 0) is 36.1 Å². The molecule has 0 saturated carbocycles. The van der Waals surface area contributed by atoms with Gasteiger partial charge in [0.15, 0.2) is 18.1 Å². The summed E-state index contributed by atoms with van der Waals surface area (Å²) in [6, 6.07) is 7.68. The van der Waals surface area contributed by atoms with Gasteiger partial charge < -0.3 is 23.7 Å². The number of morpholine rings is 2. The van der Waals surface area contributed by atoms with Crippen LogP contribution in [0.15, 0.2) is 46.2 Å². The van der Waals surface area contributed by atoms with E-state index in [0.29, 0.717) is 54.3 Å². The topological polar surface area (TPSA) is 141 Å². The van der Waals surface area contributed by atoms with Crippen LogP contribution in [0.25, 0.3) is 5.65 Å². The molecule has 0 bridgehead atoms. The second-order valence-electron chi connectivity index (χ2n) is 11.9. The number of hydrogen-bond acceptors (Lipinski definition) is 12. The fourth-order valence-electron chi connectivity index (χ4n) is 5.87. The van der Waals surface area contributed by atoms with Gasteiger partial charge in [-0.15, -0.1) is 0 Å². The minimum atomic E-state index is -4.27. The summed E-state index contributed by atoms with van der Waals surface area (Å²) < 4.78 is 57.8. The summed E-state index contributed by atoms with van der Waals surface area (Å²) in [5, 5.41) is 0. The maximum Gasteiger partial charge on any atom is 0.272 e. The number of hydrogen-bond donors (Lipinski definition) is 0. The van der Waals surface area contributed by atoms with Crippen molar-refractivity contribution in [2.24, 2.45) is 0 Å². The summed E-state index contributed by atoms with van der Waals surface area (Å²) in [6.45, 7) is 11.6. The van der Waals surface area contributed by atoms with Crippen molar-refractivity contribution in [3.8, 4) is 17.4 Å². The Labute approximate surface area is 273 Å². The Kier molecular flexibility index (Phi) is 10.3. The first-order valence-electron chi connectivity index (χ1n) is 16.0. The fourth-order valence-corrected chi connectivity index (χ4v) is 7.33. The SMILES string of the molecule is CC(C)c1cc(OCCN2CCOCC2)cc2c1C(=O)N(COc1cc(=O)n3cccc(OCCCN4CCOCC4)c3n1)S2(=O)=O. The summed E-state index contributed by atoms with van der Waals surface area (Å²) in [7, 11) is -4.27. The molecule has 15 heteroatoms. The van der Waals surface area contributed by atoms with Crippen molar-refractivity contribution in [3.63, 3.8) is 0 Å². The van der Waals surface area contributed by atoms with Crippen LogP contribution in [0, 0.1) is 0 Å². The van der Waals surface area contributed by atoms with Gasteiger partial charge in [0.25, 0.3) is 21.5 Å². The lowest BCUT2D eigenvalue weighted by Gasteiger charge is -2.26. The van der Waals surface area contributed by atoms with Gasteiger partial charge in [-0.3, -0.25) is 23.8 Å². The van der Waals surface area contributed by atoms with Crippen LogP contribution in [0.3, 0.4) is 0 Å². The lowest BCUT2D eigenvalue weighted by molar-refractivity contribution is 0.0322. The molecule has 5 heterocycles. The van der Waals surface area contributed by atoms with E-state index in [9.17, 15) is 18.0 Å². The number of sulfonamides is 1. The van der Waals surface area contributed by atoms with E-state index in [2.05, 4.69) is 14.8 Å². The van der Waals surface area contributed by atoms with Gasteiger partial charge in [0.1, 0.15) is 17.3 Å². The number of benzene rings is 1. The second-order valence-corrected chi connectivity index (χ2v) is 13.8. The second kappa shape index (κ2) is 14.6. The van der Waals surface area contributed by atoms with Crippen molar-refractivity contribution in [2.75, 3.05) is 85.6 Å². The molecule has 254 valence electrons. The van der Waals surface area contributed by atoms with E-state index >= 15 is 0 Å². The van der Waals surface area contributed by atoms with Crippen LogP contribution in [0.4, 0.5) is 0 Å². The van der Waals surface area contributed by atoms with Gasteiger partial charge in [-0.25, -0.2) is 8.42 Å². The summed E-state index contributed by atoms with van der Waals surface area (Å²) in [5.41, 5.74) is 0.450. The lowest BCUT2D eigenvalue weighted by atomic mass is 9.96. The third-order valence-corrected chi connectivity index (χ3v) is 10.2. The molecule has 2 fully saturated rings. The molecule has 1 aromatic carbocycles. The summed E-state index contributed by atoms with van der Waals surface area (Å²) in [6.07, 6.45) is 2.34. The fraction of sp³-hybridized carbons (Fsp3) is 0.531. The molecule has 0 atom stereocenters. The minimum absolute atomic E-state index is 0.100. The average Bonchev–Trinajstić information content (AvgIpc) is 3.26. The Hall–Kier alpha value is -3.76. The van der Waals surface area contributed by atoms with Gasteiger partial charge in [0.2, 0.25) is 5.88 Å². The van der Waals surface area contributed by atoms with E-state index in [0.717, 1.165) is 58.4 Å². The van der Waals surface area contributed by atoms with E-state index in [1.807, 2.05) is 13.8 Å². The number of rotatable bonds is 13. The number of nitrogens with zero attached hydrogens (tertiary/aromatic N) is 5. The van der Waals surface area contributed by atoms with Gasteiger partial charge in [-0.2, -0.15) is 9.29 Å². The maximum absolute atomic E-state index is 13.7. The highest BCUT2D eigenvalue weighted by Gasteiger charge is 2.44. The molecule has 6 rings (SSSR count). The standard InChI is InChI=1S/C32H41N5O9S/c1-23(2)25-19-24(44-18-12-35-10-16-43-17-11-35)20-27-30(25)32(39)37(47(27,40)41)22-46-28-21-29(38)36-7-3-5-26(31(36)33-28)45-13-4-6-34-8-14-42-15-9-34/h3,5,7,19-21,23H,4,6,8-18,22H2,1-2H3. The maximum atomic E-state index is 13.7. The highest BCUT2D eigenvalue weighted by molar-refractivity contribution is 7.90. The molecule has 0 radical (unpaired) electrons. The van der Waals surface area contributed by atoms with Crippen molar-refractivity contribution in [3.05, 3.63) is 58.0 Å². The Balaban J connectivity index is 1.15. The average molecular weight is 672 g/mol. The van der Waals surface area contributed by atoms with Gasteiger partial charge in [0.05, 0.1) is 44.7 Å². The molecular weight excluding hydrogens is 630 g/mol. The van der Waals surface area contributed by atoms with Crippen LogP contribution in [0.5, 0.6) is 17.4 Å². The number of fused-ring (bicyclic) bond motifs is 2. The quantitative estimate of drug-likeness (QED) is 0.245. The van der Waals surface area contributed by atoms with Crippen molar-refractivity contribution < 1.29 is 36.9 Å². The zero-order valence-electron chi connectivity index (χ0n) is 26.8. The number of ether oxygens (including phenoxy) is 5. The number of pyridine rings is 1. The van der Waals surface area contributed by atoms with E-state index in [-0.39, 0.29) is 27.9 Å². The molecule has 3 aliphatic rings. The summed E-state index contributed by atoms with van der Waals surface area (Å²) in [5.74, 6) is -0.223. The molecule has 0 aliphatic carbocycles. The molecule has 2 aromatic heterocycles. The zero-order chi connectivity index (χ0) is 33.0. The number of aromatic nitrogens is 2. The first-order valence-corrected chi connectivity index (χ1v) is 17.4. The smallest absolute Gasteiger partial charge is 0.272 e. The molecule has 14 nitrogen and oxygen atoms in total. The molecule has 0 spiro atoms.